The number of guanidine groups is 1. The van der Waals surface area contributed by atoms with Crippen molar-refractivity contribution in [2.24, 2.45) is 16.8 Å². The van der Waals surface area contributed by atoms with Crippen LogP contribution in [0.2, 0.25) is 0 Å². The summed E-state index contributed by atoms with van der Waals surface area (Å²) in [6.45, 7) is 3.83. The Morgan fingerprint density at radius 1 is 1.08 bits per heavy atom. The molecule has 6 heteroatoms. The Bertz CT molecular complexity index is 575. The quantitative estimate of drug-likeness (QED) is 0.674. The number of aromatic nitrogens is 2. The molecule has 0 radical (unpaired) electrons. The fourth-order valence-electron chi connectivity index (χ4n) is 4.50. The summed E-state index contributed by atoms with van der Waals surface area (Å²) < 4.78 is 0. The first-order valence-corrected chi connectivity index (χ1v) is 9.85. The topological polar surface area (TPSA) is 56.7 Å². The summed E-state index contributed by atoms with van der Waals surface area (Å²) in [5.74, 6) is 3.76. The lowest BCUT2D eigenvalue weighted by atomic mass is 9.85. The molecule has 136 valence electrons. The molecule has 2 saturated carbocycles. The van der Waals surface area contributed by atoms with Gasteiger partial charge in [-0.15, -0.1) is 0 Å². The van der Waals surface area contributed by atoms with Crippen LogP contribution in [0.5, 0.6) is 0 Å². The van der Waals surface area contributed by atoms with Crippen LogP contribution < -0.4 is 10.2 Å². The molecule has 1 aliphatic heterocycles. The van der Waals surface area contributed by atoms with Crippen molar-refractivity contribution in [1.29, 1.82) is 0 Å². The van der Waals surface area contributed by atoms with Gasteiger partial charge in [0, 0.05) is 51.7 Å². The van der Waals surface area contributed by atoms with Gasteiger partial charge in [-0.05, 0) is 24.3 Å². The highest BCUT2D eigenvalue weighted by atomic mass is 15.4. The molecule has 0 bridgehead atoms. The van der Waals surface area contributed by atoms with E-state index in [0.29, 0.717) is 6.04 Å². The zero-order valence-corrected chi connectivity index (χ0v) is 15.3. The number of rotatable bonds is 3. The van der Waals surface area contributed by atoms with Crippen molar-refractivity contribution < 1.29 is 0 Å². The molecular weight excluding hydrogens is 312 g/mol. The zero-order chi connectivity index (χ0) is 17.1. The third-order valence-electron chi connectivity index (χ3n) is 6.04. The molecular formula is C19H30N6. The van der Waals surface area contributed by atoms with E-state index in [-0.39, 0.29) is 0 Å². The van der Waals surface area contributed by atoms with Crippen LogP contribution in [0.25, 0.3) is 0 Å². The monoisotopic (exact) mass is 342 g/mol. The van der Waals surface area contributed by atoms with Crippen molar-refractivity contribution in [2.75, 3.05) is 38.1 Å². The van der Waals surface area contributed by atoms with Crippen LogP contribution in [0.1, 0.15) is 38.5 Å². The van der Waals surface area contributed by atoms with Gasteiger partial charge in [-0.25, -0.2) is 9.97 Å². The van der Waals surface area contributed by atoms with E-state index in [1.807, 2.05) is 25.5 Å². The summed E-state index contributed by atoms with van der Waals surface area (Å²) >= 11 is 0. The van der Waals surface area contributed by atoms with Gasteiger partial charge in [-0.2, -0.15) is 0 Å². The molecule has 0 amide bonds. The Kier molecular flexibility index (Phi) is 5.04. The van der Waals surface area contributed by atoms with E-state index in [1.165, 1.54) is 38.5 Å². The molecule has 3 fully saturated rings. The average Bonchev–Trinajstić information content (AvgIpc) is 3.47. The molecule has 1 aromatic rings. The summed E-state index contributed by atoms with van der Waals surface area (Å²) in [7, 11) is 1.91. The molecule has 2 unspecified atom stereocenters. The molecule has 1 aromatic heterocycles. The highest BCUT2D eigenvalue weighted by Gasteiger charge is 2.43. The molecule has 6 nitrogen and oxygen atoms in total. The van der Waals surface area contributed by atoms with E-state index >= 15 is 0 Å². The Balaban J connectivity index is 1.27. The lowest BCUT2D eigenvalue weighted by molar-refractivity contribution is 0.313. The predicted octanol–water partition coefficient (Wildman–Crippen LogP) is 2.14. The smallest absolute Gasteiger partial charge is 0.225 e. The SMILES string of the molecule is CN=C(NC1CC1C1CCCCC1)N1CCN(c2ncccn2)CC1. The third-order valence-corrected chi connectivity index (χ3v) is 6.04. The lowest BCUT2D eigenvalue weighted by Crippen LogP contribution is -2.53. The molecule has 25 heavy (non-hydrogen) atoms. The van der Waals surface area contributed by atoms with Gasteiger partial charge in [0.25, 0.3) is 0 Å². The first kappa shape index (κ1) is 16.6. The Morgan fingerprint density at radius 2 is 1.80 bits per heavy atom. The standard InChI is InChI=1S/C19H30N6/c1-20-18(23-17-14-16(17)15-6-3-2-4-7-15)24-10-12-25(13-11-24)19-21-8-5-9-22-19/h5,8-9,15-17H,2-4,6-7,10-14H2,1H3,(H,20,23). The highest BCUT2D eigenvalue weighted by Crippen LogP contribution is 2.44. The van der Waals surface area contributed by atoms with E-state index < -0.39 is 0 Å². The minimum Gasteiger partial charge on any atom is -0.353 e. The maximum absolute atomic E-state index is 4.55. The van der Waals surface area contributed by atoms with Gasteiger partial charge in [0.2, 0.25) is 5.95 Å². The molecule has 1 saturated heterocycles. The van der Waals surface area contributed by atoms with Gasteiger partial charge in [0.15, 0.2) is 5.96 Å². The normalized spacial score (nSPS) is 28.1. The van der Waals surface area contributed by atoms with Crippen molar-refractivity contribution >= 4 is 11.9 Å². The number of piperazine rings is 1. The largest absolute Gasteiger partial charge is 0.353 e. The fraction of sp³-hybridized carbons (Fsp3) is 0.737. The fourth-order valence-corrected chi connectivity index (χ4v) is 4.50. The minimum absolute atomic E-state index is 0.650. The molecule has 0 spiro atoms. The van der Waals surface area contributed by atoms with Gasteiger partial charge >= 0.3 is 0 Å². The molecule has 4 rings (SSSR count). The van der Waals surface area contributed by atoms with Crippen LogP contribution in [0.3, 0.4) is 0 Å². The molecule has 1 N–H and O–H groups in total. The molecule has 3 aliphatic rings. The molecule has 2 heterocycles. The number of nitrogens with zero attached hydrogens (tertiary/aromatic N) is 5. The highest BCUT2D eigenvalue weighted by molar-refractivity contribution is 5.80. The second-order valence-electron chi connectivity index (χ2n) is 7.62. The van der Waals surface area contributed by atoms with Crippen LogP contribution >= 0.6 is 0 Å². The van der Waals surface area contributed by atoms with Crippen LogP contribution in [0, 0.1) is 11.8 Å². The molecule has 2 atom stereocenters. The van der Waals surface area contributed by atoms with Crippen molar-refractivity contribution in [3.8, 4) is 0 Å². The van der Waals surface area contributed by atoms with E-state index in [4.69, 9.17) is 0 Å². The summed E-state index contributed by atoms with van der Waals surface area (Å²) in [5.41, 5.74) is 0. The minimum atomic E-state index is 0.650. The van der Waals surface area contributed by atoms with Crippen molar-refractivity contribution in [2.45, 2.75) is 44.6 Å². The maximum atomic E-state index is 4.55. The van der Waals surface area contributed by atoms with Crippen molar-refractivity contribution in [3.05, 3.63) is 18.5 Å². The van der Waals surface area contributed by atoms with E-state index in [0.717, 1.165) is 49.9 Å². The van der Waals surface area contributed by atoms with Crippen LogP contribution in [-0.2, 0) is 0 Å². The number of hydrogen-bond acceptors (Lipinski definition) is 4. The van der Waals surface area contributed by atoms with Crippen molar-refractivity contribution in [3.63, 3.8) is 0 Å². The van der Waals surface area contributed by atoms with Gasteiger partial charge < -0.3 is 15.1 Å². The summed E-state index contributed by atoms with van der Waals surface area (Å²) in [6.07, 6.45) is 12.2. The number of hydrogen-bond donors (Lipinski definition) is 1. The maximum Gasteiger partial charge on any atom is 0.225 e. The van der Waals surface area contributed by atoms with E-state index in [2.05, 4.69) is 30.1 Å². The van der Waals surface area contributed by atoms with Crippen LogP contribution in [-0.4, -0.2) is 60.1 Å². The van der Waals surface area contributed by atoms with Crippen LogP contribution in [0.4, 0.5) is 5.95 Å². The molecule has 2 aliphatic carbocycles. The summed E-state index contributed by atoms with van der Waals surface area (Å²) in [6, 6.07) is 2.52. The third kappa shape index (κ3) is 3.88. The average molecular weight is 342 g/mol. The summed E-state index contributed by atoms with van der Waals surface area (Å²) in [4.78, 5) is 17.9. The second-order valence-corrected chi connectivity index (χ2v) is 7.62. The lowest BCUT2D eigenvalue weighted by Gasteiger charge is -2.36. The first-order valence-electron chi connectivity index (χ1n) is 9.85. The predicted molar refractivity (Wildman–Crippen MR) is 101 cm³/mol. The van der Waals surface area contributed by atoms with Gasteiger partial charge in [0.05, 0.1) is 0 Å². The summed E-state index contributed by atoms with van der Waals surface area (Å²) in [5, 5.41) is 3.74. The molecule has 0 aromatic carbocycles. The Hall–Kier alpha value is -1.85. The van der Waals surface area contributed by atoms with Gasteiger partial charge in [-0.3, -0.25) is 4.99 Å². The number of aliphatic imine (C=N–C) groups is 1. The Labute approximate surface area is 150 Å². The van der Waals surface area contributed by atoms with Crippen molar-refractivity contribution in [1.82, 2.24) is 20.2 Å². The second kappa shape index (κ2) is 7.58. The van der Waals surface area contributed by atoms with E-state index in [1.54, 1.807) is 0 Å². The van der Waals surface area contributed by atoms with Crippen LogP contribution in [0.15, 0.2) is 23.5 Å². The number of nitrogens with one attached hydrogen (secondary N) is 1. The Morgan fingerprint density at radius 3 is 2.48 bits per heavy atom. The zero-order valence-electron chi connectivity index (χ0n) is 15.3. The first-order chi connectivity index (χ1) is 12.3. The number of anilines is 1. The van der Waals surface area contributed by atoms with Gasteiger partial charge in [0.1, 0.15) is 0 Å². The van der Waals surface area contributed by atoms with E-state index in [9.17, 15) is 0 Å². The van der Waals surface area contributed by atoms with Gasteiger partial charge in [-0.1, -0.05) is 32.1 Å².